The molecule has 1 atom stereocenters. The molecule has 0 amide bonds. The summed E-state index contributed by atoms with van der Waals surface area (Å²) in [6, 6.07) is 5.52. The largest absolute Gasteiger partial charge is 0.496 e. The summed E-state index contributed by atoms with van der Waals surface area (Å²) in [5.41, 5.74) is 0.891. The Morgan fingerprint density at radius 1 is 1.59 bits per heavy atom. The maximum atomic E-state index is 11.8. The summed E-state index contributed by atoms with van der Waals surface area (Å²) in [5.74, 6) is 0.845. The van der Waals surface area contributed by atoms with Crippen molar-refractivity contribution < 1.29 is 14.6 Å². The molecule has 0 aliphatic heterocycles. The lowest BCUT2D eigenvalue weighted by Crippen LogP contribution is -2.24. The quantitative estimate of drug-likeness (QED) is 0.908. The molecule has 2 rings (SSSR count). The van der Waals surface area contributed by atoms with Gasteiger partial charge >= 0.3 is 0 Å². The van der Waals surface area contributed by atoms with Gasteiger partial charge in [-0.2, -0.15) is 0 Å². The highest BCUT2D eigenvalue weighted by atomic mass is 79.9. The zero-order chi connectivity index (χ0) is 12.4. The van der Waals surface area contributed by atoms with E-state index in [0.717, 1.165) is 28.6 Å². The molecular formula is C13H15BrO3. The van der Waals surface area contributed by atoms with E-state index in [4.69, 9.17) is 4.74 Å². The number of aliphatic hydroxyl groups excluding tert-OH is 1. The molecule has 0 bridgehead atoms. The third kappa shape index (κ3) is 3.07. The smallest absolute Gasteiger partial charge is 0.165 e. The lowest BCUT2D eigenvalue weighted by Gasteiger charge is -2.09. The van der Waals surface area contributed by atoms with E-state index >= 15 is 0 Å². The first-order chi connectivity index (χ1) is 8.11. The molecule has 92 valence electrons. The molecule has 1 fully saturated rings. The molecule has 1 N–H and O–H groups in total. The Morgan fingerprint density at radius 3 is 2.82 bits per heavy atom. The minimum Gasteiger partial charge on any atom is -0.496 e. The average molecular weight is 299 g/mol. The second kappa shape index (κ2) is 5.19. The Balaban J connectivity index is 2.02. The van der Waals surface area contributed by atoms with E-state index in [9.17, 15) is 9.90 Å². The molecule has 0 aromatic heterocycles. The number of carbonyl (C=O) groups is 1. The van der Waals surface area contributed by atoms with Crippen LogP contribution in [0.1, 0.15) is 18.4 Å². The third-order valence-corrected chi connectivity index (χ3v) is 3.61. The fraction of sp³-hybridized carbons (Fsp3) is 0.462. The van der Waals surface area contributed by atoms with Crippen LogP contribution in [-0.2, 0) is 11.2 Å². The number of ether oxygens (including phenoxy) is 1. The number of rotatable bonds is 5. The van der Waals surface area contributed by atoms with Crippen molar-refractivity contribution in [2.24, 2.45) is 5.92 Å². The predicted octanol–water partition coefficient (Wildman–Crippen LogP) is 2.34. The Hall–Kier alpha value is -0.870. The molecule has 1 unspecified atom stereocenters. The van der Waals surface area contributed by atoms with Gasteiger partial charge in [0.15, 0.2) is 5.78 Å². The van der Waals surface area contributed by atoms with Crippen LogP contribution in [-0.4, -0.2) is 24.1 Å². The molecule has 17 heavy (non-hydrogen) atoms. The highest BCUT2D eigenvalue weighted by Gasteiger charge is 2.34. The van der Waals surface area contributed by atoms with Crippen LogP contribution in [0.5, 0.6) is 5.75 Å². The van der Waals surface area contributed by atoms with E-state index in [-0.39, 0.29) is 18.1 Å². The number of hydrogen-bond donors (Lipinski definition) is 1. The minimum atomic E-state index is -0.782. The van der Waals surface area contributed by atoms with Gasteiger partial charge in [-0.1, -0.05) is 6.07 Å². The van der Waals surface area contributed by atoms with Crippen LogP contribution >= 0.6 is 15.9 Å². The SMILES string of the molecule is COc1ccc(CC(=O)C(O)C2CC2)cc1Br. The van der Waals surface area contributed by atoms with Crippen molar-refractivity contribution >= 4 is 21.7 Å². The Labute approximate surface area is 109 Å². The lowest BCUT2D eigenvalue weighted by molar-refractivity contribution is -0.127. The normalized spacial score (nSPS) is 16.6. The zero-order valence-electron chi connectivity index (χ0n) is 9.65. The number of halogens is 1. The average Bonchev–Trinajstić information content (AvgIpc) is 3.12. The van der Waals surface area contributed by atoms with Crippen LogP contribution in [0, 0.1) is 5.92 Å². The summed E-state index contributed by atoms with van der Waals surface area (Å²) in [4.78, 5) is 11.8. The van der Waals surface area contributed by atoms with E-state index in [1.54, 1.807) is 7.11 Å². The second-order valence-corrected chi connectivity index (χ2v) is 5.25. The van der Waals surface area contributed by atoms with Crippen LogP contribution < -0.4 is 4.74 Å². The minimum absolute atomic E-state index is 0.0930. The van der Waals surface area contributed by atoms with E-state index in [2.05, 4.69) is 15.9 Å². The van der Waals surface area contributed by atoms with Crippen LogP contribution in [0.25, 0.3) is 0 Å². The van der Waals surface area contributed by atoms with Gasteiger partial charge in [-0.15, -0.1) is 0 Å². The fourth-order valence-electron chi connectivity index (χ4n) is 1.80. The highest BCUT2D eigenvalue weighted by Crippen LogP contribution is 2.33. The molecular weight excluding hydrogens is 284 g/mol. The van der Waals surface area contributed by atoms with Crippen molar-refractivity contribution in [3.8, 4) is 5.75 Å². The maximum Gasteiger partial charge on any atom is 0.165 e. The molecule has 0 spiro atoms. The number of hydrogen-bond acceptors (Lipinski definition) is 3. The first-order valence-electron chi connectivity index (χ1n) is 5.65. The second-order valence-electron chi connectivity index (χ2n) is 4.39. The van der Waals surface area contributed by atoms with Gasteiger partial charge < -0.3 is 9.84 Å². The standard InChI is InChI=1S/C13H15BrO3/c1-17-12-5-2-8(6-10(12)14)7-11(15)13(16)9-3-4-9/h2,5-6,9,13,16H,3-4,7H2,1H3. The fourth-order valence-corrected chi connectivity index (χ4v) is 2.39. The lowest BCUT2D eigenvalue weighted by atomic mass is 10.0. The maximum absolute atomic E-state index is 11.8. The van der Waals surface area contributed by atoms with E-state index in [1.807, 2.05) is 18.2 Å². The summed E-state index contributed by atoms with van der Waals surface area (Å²) in [7, 11) is 1.60. The van der Waals surface area contributed by atoms with Gasteiger partial charge in [0, 0.05) is 6.42 Å². The third-order valence-electron chi connectivity index (χ3n) is 2.99. The van der Waals surface area contributed by atoms with Gasteiger partial charge in [0.25, 0.3) is 0 Å². The van der Waals surface area contributed by atoms with Crippen molar-refractivity contribution in [2.45, 2.75) is 25.4 Å². The number of Topliss-reactive ketones (excluding diaryl/α,β-unsaturated/α-hetero) is 1. The van der Waals surface area contributed by atoms with Gasteiger partial charge in [-0.3, -0.25) is 4.79 Å². The van der Waals surface area contributed by atoms with Gasteiger partial charge in [-0.05, 0) is 52.4 Å². The van der Waals surface area contributed by atoms with Crippen molar-refractivity contribution in [1.29, 1.82) is 0 Å². The molecule has 1 saturated carbocycles. The van der Waals surface area contributed by atoms with E-state index in [0.29, 0.717) is 0 Å². The number of methoxy groups -OCH3 is 1. The molecule has 0 radical (unpaired) electrons. The molecule has 1 aromatic carbocycles. The molecule has 4 heteroatoms. The van der Waals surface area contributed by atoms with Crippen molar-refractivity contribution in [2.75, 3.05) is 7.11 Å². The van der Waals surface area contributed by atoms with Gasteiger partial charge in [0.2, 0.25) is 0 Å². The summed E-state index contributed by atoms with van der Waals surface area (Å²) < 4.78 is 5.94. The van der Waals surface area contributed by atoms with Crippen LogP contribution in [0.2, 0.25) is 0 Å². The van der Waals surface area contributed by atoms with E-state index in [1.165, 1.54) is 0 Å². The molecule has 1 aromatic rings. The van der Waals surface area contributed by atoms with Gasteiger partial charge in [0.1, 0.15) is 11.9 Å². The van der Waals surface area contributed by atoms with Crippen molar-refractivity contribution in [1.82, 2.24) is 0 Å². The first kappa shape index (κ1) is 12.6. The topological polar surface area (TPSA) is 46.5 Å². The summed E-state index contributed by atoms with van der Waals surface area (Å²) in [6.07, 6.45) is 1.44. The zero-order valence-corrected chi connectivity index (χ0v) is 11.2. The molecule has 0 saturated heterocycles. The Bertz CT molecular complexity index is 427. The Morgan fingerprint density at radius 2 is 2.29 bits per heavy atom. The molecule has 3 nitrogen and oxygen atoms in total. The van der Waals surface area contributed by atoms with E-state index < -0.39 is 6.10 Å². The van der Waals surface area contributed by atoms with Crippen LogP contribution in [0.3, 0.4) is 0 Å². The summed E-state index contributed by atoms with van der Waals surface area (Å²) in [5, 5.41) is 9.70. The van der Waals surface area contributed by atoms with Gasteiger partial charge in [-0.25, -0.2) is 0 Å². The Kier molecular flexibility index (Phi) is 3.84. The highest BCUT2D eigenvalue weighted by molar-refractivity contribution is 9.10. The van der Waals surface area contributed by atoms with Gasteiger partial charge in [0.05, 0.1) is 11.6 Å². The number of carbonyl (C=O) groups excluding carboxylic acids is 1. The summed E-state index contributed by atoms with van der Waals surface area (Å²) in [6.45, 7) is 0. The van der Waals surface area contributed by atoms with Crippen LogP contribution in [0.15, 0.2) is 22.7 Å². The van der Waals surface area contributed by atoms with Crippen molar-refractivity contribution in [3.05, 3.63) is 28.2 Å². The first-order valence-corrected chi connectivity index (χ1v) is 6.44. The number of aliphatic hydroxyl groups is 1. The monoisotopic (exact) mass is 298 g/mol. The molecule has 1 aliphatic rings. The predicted molar refractivity (Wildman–Crippen MR) is 68.1 cm³/mol. The molecule has 1 aliphatic carbocycles. The number of benzene rings is 1. The molecule has 0 heterocycles. The van der Waals surface area contributed by atoms with Crippen LogP contribution in [0.4, 0.5) is 0 Å². The number of ketones is 1. The summed E-state index contributed by atoms with van der Waals surface area (Å²) >= 11 is 3.38. The van der Waals surface area contributed by atoms with Crippen molar-refractivity contribution in [3.63, 3.8) is 0 Å².